The zero-order valence-corrected chi connectivity index (χ0v) is 16.6. The van der Waals surface area contributed by atoms with Gasteiger partial charge in [-0.25, -0.2) is 0 Å². The van der Waals surface area contributed by atoms with Gasteiger partial charge < -0.3 is 10.2 Å². The summed E-state index contributed by atoms with van der Waals surface area (Å²) in [6.07, 6.45) is 10.3. The maximum Gasteiger partial charge on any atom is 0.225 e. The van der Waals surface area contributed by atoms with Crippen LogP contribution in [0.4, 0.5) is 5.82 Å². The van der Waals surface area contributed by atoms with E-state index in [1.54, 1.807) is 12.4 Å². The van der Waals surface area contributed by atoms with Crippen molar-refractivity contribution in [2.24, 2.45) is 11.8 Å². The van der Waals surface area contributed by atoms with Gasteiger partial charge in [0.15, 0.2) is 5.82 Å². The van der Waals surface area contributed by atoms with Gasteiger partial charge in [0, 0.05) is 37.1 Å². The third-order valence-corrected chi connectivity index (χ3v) is 6.16. The van der Waals surface area contributed by atoms with Gasteiger partial charge in [0.1, 0.15) is 0 Å². The van der Waals surface area contributed by atoms with Crippen molar-refractivity contribution in [2.45, 2.75) is 51.5 Å². The number of aromatic nitrogens is 3. The van der Waals surface area contributed by atoms with Crippen LogP contribution in [0.15, 0.2) is 36.7 Å². The molecule has 2 fully saturated rings. The van der Waals surface area contributed by atoms with Gasteiger partial charge in [0.25, 0.3) is 0 Å². The molecule has 0 bridgehead atoms. The van der Waals surface area contributed by atoms with E-state index in [-0.39, 0.29) is 11.8 Å². The first-order valence-electron chi connectivity index (χ1n) is 10.5. The molecule has 0 aromatic carbocycles. The van der Waals surface area contributed by atoms with Crippen LogP contribution in [0.5, 0.6) is 0 Å². The van der Waals surface area contributed by atoms with Crippen molar-refractivity contribution in [1.29, 1.82) is 0 Å². The first-order valence-corrected chi connectivity index (χ1v) is 10.5. The maximum atomic E-state index is 12.8. The molecule has 1 saturated carbocycles. The molecule has 28 heavy (non-hydrogen) atoms. The zero-order valence-electron chi connectivity index (χ0n) is 16.6. The van der Waals surface area contributed by atoms with Crippen molar-refractivity contribution < 1.29 is 4.79 Å². The molecule has 0 spiro atoms. The van der Waals surface area contributed by atoms with E-state index in [2.05, 4.69) is 32.3 Å². The normalized spacial score (nSPS) is 25.3. The molecule has 1 aliphatic carbocycles. The summed E-state index contributed by atoms with van der Waals surface area (Å²) in [5.74, 6) is 1.67. The van der Waals surface area contributed by atoms with Crippen molar-refractivity contribution >= 4 is 11.7 Å². The van der Waals surface area contributed by atoms with Crippen LogP contribution >= 0.6 is 0 Å². The molecule has 1 N–H and O–H groups in total. The average molecular weight is 380 g/mol. The summed E-state index contributed by atoms with van der Waals surface area (Å²) in [6.45, 7) is 3.90. The minimum atomic E-state index is 0.0303. The molecule has 1 aliphatic heterocycles. The van der Waals surface area contributed by atoms with Gasteiger partial charge in [-0.3, -0.25) is 9.78 Å². The van der Waals surface area contributed by atoms with Crippen LogP contribution in [0.3, 0.4) is 0 Å². The zero-order chi connectivity index (χ0) is 19.3. The molecule has 1 saturated heterocycles. The lowest BCUT2D eigenvalue weighted by Gasteiger charge is -2.35. The Morgan fingerprint density at radius 3 is 2.75 bits per heavy atom. The number of amides is 1. The molecule has 3 heterocycles. The van der Waals surface area contributed by atoms with Crippen molar-refractivity contribution in [3.05, 3.63) is 36.7 Å². The molecule has 2 aromatic heterocycles. The van der Waals surface area contributed by atoms with Gasteiger partial charge in [-0.05, 0) is 55.9 Å². The van der Waals surface area contributed by atoms with E-state index >= 15 is 0 Å². The van der Waals surface area contributed by atoms with Crippen LogP contribution in [-0.2, 0) is 4.79 Å². The van der Waals surface area contributed by atoms with Gasteiger partial charge in [-0.1, -0.05) is 19.8 Å². The topological polar surface area (TPSA) is 71.0 Å². The number of carbonyl (C=O) groups excluding carboxylic acids is 1. The third kappa shape index (κ3) is 4.32. The van der Waals surface area contributed by atoms with Gasteiger partial charge in [-0.15, -0.1) is 10.2 Å². The number of pyridine rings is 1. The molecule has 3 unspecified atom stereocenters. The Morgan fingerprint density at radius 1 is 1.11 bits per heavy atom. The van der Waals surface area contributed by atoms with Crippen LogP contribution in [0, 0.1) is 11.8 Å². The minimum absolute atomic E-state index is 0.0303. The Kier molecular flexibility index (Phi) is 5.84. The van der Waals surface area contributed by atoms with Crippen LogP contribution in [-0.4, -0.2) is 40.2 Å². The van der Waals surface area contributed by atoms with E-state index < -0.39 is 0 Å². The Hall–Kier alpha value is -2.50. The van der Waals surface area contributed by atoms with E-state index in [9.17, 15) is 4.79 Å². The molecule has 2 aromatic rings. The molecule has 1 amide bonds. The highest BCUT2D eigenvalue weighted by atomic mass is 16.2. The summed E-state index contributed by atoms with van der Waals surface area (Å²) in [5, 5.41) is 12.1. The first kappa shape index (κ1) is 18.8. The average Bonchev–Trinajstić information content (AvgIpc) is 2.76. The number of piperidine rings is 1. The lowest BCUT2D eigenvalue weighted by atomic mass is 9.85. The van der Waals surface area contributed by atoms with Crippen molar-refractivity contribution in [3.63, 3.8) is 0 Å². The Morgan fingerprint density at radius 2 is 2.00 bits per heavy atom. The molecule has 0 radical (unpaired) electrons. The van der Waals surface area contributed by atoms with E-state index in [0.29, 0.717) is 18.5 Å². The molecular formula is C22H29N5O. The summed E-state index contributed by atoms with van der Waals surface area (Å²) in [4.78, 5) is 19.2. The monoisotopic (exact) mass is 379 g/mol. The van der Waals surface area contributed by atoms with E-state index in [4.69, 9.17) is 0 Å². The Balaban J connectivity index is 1.38. The number of hydrogen-bond acceptors (Lipinski definition) is 5. The van der Waals surface area contributed by atoms with Crippen LogP contribution in [0.2, 0.25) is 0 Å². The lowest BCUT2D eigenvalue weighted by Crippen LogP contribution is -2.48. The quantitative estimate of drug-likeness (QED) is 0.881. The highest BCUT2D eigenvalue weighted by molar-refractivity contribution is 5.80. The predicted octanol–water partition coefficient (Wildman–Crippen LogP) is 3.45. The molecule has 4 rings (SSSR count). The Labute approximate surface area is 166 Å². The fraction of sp³-hybridized carbons (Fsp3) is 0.545. The maximum absolute atomic E-state index is 12.8. The SMILES string of the molecule is CC1CCCCC1NC(=O)C1CCCN(c2ccc(-c3cccnc3)nn2)C1. The molecular weight excluding hydrogens is 350 g/mol. The fourth-order valence-electron chi connectivity index (χ4n) is 4.39. The number of nitrogens with one attached hydrogen (secondary N) is 1. The van der Waals surface area contributed by atoms with Gasteiger partial charge in [-0.2, -0.15) is 0 Å². The summed E-state index contributed by atoms with van der Waals surface area (Å²) < 4.78 is 0. The van der Waals surface area contributed by atoms with E-state index in [1.165, 1.54) is 19.3 Å². The summed E-state index contributed by atoms with van der Waals surface area (Å²) in [6, 6.07) is 8.19. The lowest BCUT2D eigenvalue weighted by molar-refractivity contribution is -0.126. The number of anilines is 1. The second kappa shape index (κ2) is 8.67. The number of carbonyl (C=O) groups is 1. The molecule has 6 nitrogen and oxygen atoms in total. The van der Waals surface area contributed by atoms with Gasteiger partial charge >= 0.3 is 0 Å². The number of hydrogen-bond donors (Lipinski definition) is 1. The molecule has 3 atom stereocenters. The largest absolute Gasteiger partial charge is 0.354 e. The highest BCUT2D eigenvalue weighted by Gasteiger charge is 2.30. The van der Waals surface area contributed by atoms with Crippen molar-refractivity contribution in [1.82, 2.24) is 20.5 Å². The molecule has 2 aliphatic rings. The minimum Gasteiger partial charge on any atom is -0.354 e. The molecule has 148 valence electrons. The smallest absolute Gasteiger partial charge is 0.225 e. The fourth-order valence-corrected chi connectivity index (χ4v) is 4.39. The van der Waals surface area contributed by atoms with Crippen LogP contribution in [0.25, 0.3) is 11.3 Å². The van der Waals surface area contributed by atoms with Crippen LogP contribution in [0.1, 0.15) is 45.4 Å². The summed E-state index contributed by atoms with van der Waals surface area (Å²) in [7, 11) is 0. The predicted molar refractivity (Wildman–Crippen MR) is 110 cm³/mol. The van der Waals surface area contributed by atoms with Crippen molar-refractivity contribution in [2.75, 3.05) is 18.0 Å². The second-order valence-corrected chi connectivity index (χ2v) is 8.18. The summed E-state index contributed by atoms with van der Waals surface area (Å²) >= 11 is 0. The standard InChI is InChI=1S/C22H29N5O/c1-16-6-2-3-9-19(16)24-22(28)18-8-5-13-27(15-18)21-11-10-20(25-26-21)17-7-4-12-23-14-17/h4,7,10-12,14,16,18-19H,2-3,5-6,8-9,13,15H2,1H3,(H,24,28). The number of rotatable bonds is 4. The highest BCUT2D eigenvalue weighted by Crippen LogP contribution is 2.26. The van der Waals surface area contributed by atoms with E-state index in [1.807, 2.05) is 24.3 Å². The second-order valence-electron chi connectivity index (χ2n) is 8.18. The third-order valence-electron chi connectivity index (χ3n) is 6.16. The van der Waals surface area contributed by atoms with Crippen LogP contribution < -0.4 is 10.2 Å². The molecule has 6 heteroatoms. The van der Waals surface area contributed by atoms with Gasteiger partial charge in [0.05, 0.1) is 11.6 Å². The Bertz CT molecular complexity index is 779. The summed E-state index contributed by atoms with van der Waals surface area (Å²) in [5.41, 5.74) is 1.77. The van der Waals surface area contributed by atoms with Crippen molar-refractivity contribution in [3.8, 4) is 11.3 Å². The first-order chi connectivity index (χ1) is 13.7. The number of nitrogens with zero attached hydrogens (tertiary/aromatic N) is 4. The van der Waals surface area contributed by atoms with Gasteiger partial charge in [0.2, 0.25) is 5.91 Å². The van der Waals surface area contributed by atoms with E-state index in [0.717, 1.165) is 42.9 Å².